The topological polar surface area (TPSA) is 209 Å². The predicted octanol–water partition coefficient (Wildman–Crippen LogP) is -1.47. The summed E-state index contributed by atoms with van der Waals surface area (Å²) in [6, 6.07) is 12.7. The highest BCUT2D eigenvalue weighted by atomic mass is 16.7. The zero-order chi connectivity index (χ0) is 28.8. The zero-order valence-corrected chi connectivity index (χ0v) is 21.5. The number of urea groups is 1. The molecule has 0 bridgehead atoms. The smallest absolute Gasteiger partial charge is 0.319 e. The van der Waals surface area contributed by atoms with E-state index in [9.17, 15) is 35.4 Å². The SMILES string of the molecule is COc1ccc(O[C@@H]2O[C@H](CO)[C@H](O[C@H]3O[C@H](CO)[C@H](O)[C@H](NC(=O)Nc4ccccc4)[C@H]3O)[C@H](O)[C@H]2O)cc1. The molecule has 2 aromatic carbocycles. The van der Waals surface area contributed by atoms with Gasteiger partial charge in [0.15, 0.2) is 6.29 Å². The Labute approximate surface area is 229 Å². The molecule has 14 nitrogen and oxygen atoms in total. The summed E-state index contributed by atoms with van der Waals surface area (Å²) in [5.41, 5.74) is 0.455. The number of nitrogens with one attached hydrogen (secondary N) is 2. The van der Waals surface area contributed by atoms with Gasteiger partial charge < -0.3 is 65.0 Å². The number of carbonyl (C=O) groups is 1. The van der Waals surface area contributed by atoms with Crippen molar-refractivity contribution in [3.8, 4) is 11.5 Å². The number of amides is 2. The number of hydrogen-bond donors (Lipinski definition) is 8. The molecule has 8 N–H and O–H groups in total. The summed E-state index contributed by atoms with van der Waals surface area (Å²) in [5.74, 6) is 0.864. The highest BCUT2D eigenvalue weighted by Gasteiger charge is 2.51. The fourth-order valence-electron chi connectivity index (χ4n) is 4.47. The lowest BCUT2D eigenvalue weighted by molar-refractivity contribution is -0.343. The maximum Gasteiger partial charge on any atom is 0.319 e. The molecule has 14 heteroatoms. The van der Waals surface area contributed by atoms with E-state index in [1.165, 1.54) is 7.11 Å². The Balaban J connectivity index is 1.44. The molecule has 4 rings (SSSR count). The first kappa shape index (κ1) is 29.9. The van der Waals surface area contributed by atoms with E-state index in [4.69, 9.17) is 23.7 Å². The Morgan fingerprint density at radius 3 is 2.05 bits per heavy atom. The van der Waals surface area contributed by atoms with Gasteiger partial charge in [-0.2, -0.15) is 0 Å². The molecular weight excluding hydrogens is 532 g/mol. The summed E-state index contributed by atoms with van der Waals surface area (Å²) in [6.07, 6.45) is -13.6. The highest BCUT2D eigenvalue weighted by Crippen LogP contribution is 2.30. The van der Waals surface area contributed by atoms with Crippen LogP contribution in [0, 0.1) is 0 Å². The van der Waals surface area contributed by atoms with Gasteiger partial charge in [-0.3, -0.25) is 0 Å². The van der Waals surface area contributed by atoms with Crippen LogP contribution in [-0.4, -0.2) is 118 Å². The monoisotopic (exact) mass is 566 g/mol. The van der Waals surface area contributed by atoms with Crippen molar-refractivity contribution in [1.82, 2.24) is 5.32 Å². The number of para-hydroxylation sites is 1. The molecule has 2 heterocycles. The second-order valence-corrected chi connectivity index (χ2v) is 9.30. The zero-order valence-electron chi connectivity index (χ0n) is 21.5. The fourth-order valence-corrected chi connectivity index (χ4v) is 4.47. The summed E-state index contributed by atoms with van der Waals surface area (Å²) in [6.45, 7) is -1.37. The van der Waals surface area contributed by atoms with Crippen molar-refractivity contribution in [2.24, 2.45) is 0 Å². The minimum Gasteiger partial charge on any atom is -0.497 e. The third kappa shape index (κ3) is 6.80. The summed E-state index contributed by atoms with van der Waals surface area (Å²) < 4.78 is 27.6. The summed E-state index contributed by atoms with van der Waals surface area (Å²) >= 11 is 0. The van der Waals surface area contributed by atoms with Gasteiger partial charge in [-0.1, -0.05) is 18.2 Å². The quantitative estimate of drug-likeness (QED) is 0.175. The van der Waals surface area contributed by atoms with Crippen molar-refractivity contribution < 1.29 is 59.1 Å². The van der Waals surface area contributed by atoms with E-state index in [2.05, 4.69) is 10.6 Å². The Hall–Kier alpha value is -3.05. The third-order valence-corrected chi connectivity index (χ3v) is 6.64. The molecule has 40 heavy (non-hydrogen) atoms. The Bertz CT molecular complexity index is 1080. The van der Waals surface area contributed by atoms with Crippen LogP contribution in [0.5, 0.6) is 11.5 Å². The predicted molar refractivity (Wildman–Crippen MR) is 136 cm³/mol. The largest absolute Gasteiger partial charge is 0.497 e. The van der Waals surface area contributed by atoms with Crippen molar-refractivity contribution in [2.75, 3.05) is 25.6 Å². The summed E-state index contributed by atoms with van der Waals surface area (Å²) in [4.78, 5) is 12.5. The van der Waals surface area contributed by atoms with Crippen LogP contribution in [0.3, 0.4) is 0 Å². The minimum absolute atomic E-state index is 0.293. The van der Waals surface area contributed by atoms with E-state index in [1.807, 2.05) is 0 Å². The minimum atomic E-state index is -1.70. The second kappa shape index (κ2) is 13.5. The van der Waals surface area contributed by atoms with Gasteiger partial charge in [0.1, 0.15) is 54.2 Å². The van der Waals surface area contributed by atoms with Gasteiger partial charge >= 0.3 is 6.03 Å². The molecule has 2 amide bonds. The first-order valence-electron chi connectivity index (χ1n) is 12.6. The van der Waals surface area contributed by atoms with Crippen LogP contribution in [0.4, 0.5) is 10.5 Å². The van der Waals surface area contributed by atoms with Gasteiger partial charge in [0.2, 0.25) is 6.29 Å². The number of aliphatic hydroxyl groups excluding tert-OH is 6. The molecule has 0 aliphatic carbocycles. The van der Waals surface area contributed by atoms with Gasteiger partial charge in [-0.25, -0.2) is 4.79 Å². The summed E-state index contributed by atoms with van der Waals surface area (Å²) in [5, 5.41) is 67.8. The molecule has 0 spiro atoms. The van der Waals surface area contributed by atoms with E-state index in [-0.39, 0.29) is 0 Å². The van der Waals surface area contributed by atoms with E-state index in [0.29, 0.717) is 17.2 Å². The van der Waals surface area contributed by atoms with Crippen LogP contribution < -0.4 is 20.1 Å². The standard InChI is InChI=1S/C26H34N2O12/c1-36-14-7-9-15(10-8-14)37-25-22(34)21(33)23(17(12-30)39-25)40-24-20(32)18(19(31)16(11-29)38-24)28-26(35)27-13-5-3-2-4-6-13/h2-10,16-25,29-34H,11-12H2,1H3,(H2,27,28,35)/t16-,17-,18+,19+,20-,21-,22-,23+,24-,25-/m1/s1. The van der Waals surface area contributed by atoms with Crippen LogP contribution in [-0.2, 0) is 14.2 Å². The fraction of sp³-hybridized carbons (Fsp3) is 0.500. The number of carbonyl (C=O) groups excluding carboxylic acids is 1. The number of hydrogen-bond acceptors (Lipinski definition) is 12. The van der Waals surface area contributed by atoms with Gasteiger partial charge in [-0.05, 0) is 36.4 Å². The molecule has 2 aromatic rings. The molecule has 0 unspecified atom stereocenters. The van der Waals surface area contributed by atoms with Crippen molar-refractivity contribution in [1.29, 1.82) is 0 Å². The first-order chi connectivity index (χ1) is 19.2. The van der Waals surface area contributed by atoms with Crippen molar-refractivity contribution in [3.05, 3.63) is 54.6 Å². The molecule has 2 fully saturated rings. The molecule has 2 aliphatic rings. The molecule has 0 saturated carbocycles. The lowest BCUT2D eigenvalue weighted by Crippen LogP contribution is -2.68. The highest BCUT2D eigenvalue weighted by molar-refractivity contribution is 5.89. The average Bonchev–Trinajstić information content (AvgIpc) is 2.97. The number of rotatable bonds is 9. The van der Waals surface area contributed by atoms with Crippen LogP contribution in [0.15, 0.2) is 54.6 Å². The number of anilines is 1. The van der Waals surface area contributed by atoms with E-state index in [0.717, 1.165) is 0 Å². The van der Waals surface area contributed by atoms with Gasteiger partial charge in [0, 0.05) is 5.69 Å². The number of benzene rings is 2. The number of methoxy groups -OCH3 is 1. The van der Waals surface area contributed by atoms with Crippen LogP contribution in [0.1, 0.15) is 0 Å². The van der Waals surface area contributed by atoms with E-state index < -0.39 is 80.6 Å². The molecule has 2 saturated heterocycles. The molecule has 0 radical (unpaired) electrons. The Morgan fingerprint density at radius 1 is 0.800 bits per heavy atom. The van der Waals surface area contributed by atoms with E-state index >= 15 is 0 Å². The maximum atomic E-state index is 12.5. The van der Waals surface area contributed by atoms with Crippen LogP contribution >= 0.6 is 0 Å². The molecule has 2 aliphatic heterocycles. The van der Waals surface area contributed by atoms with Gasteiger partial charge in [-0.15, -0.1) is 0 Å². The average molecular weight is 567 g/mol. The lowest BCUT2D eigenvalue weighted by atomic mass is 9.95. The second-order valence-electron chi connectivity index (χ2n) is 9.30. The van der Waals surface area contributed by atoms with Crippen molar-refractivity contribution in [2.45, 2.75) is 61.3 Å². The van der Waals surface area contributed by atoms with Crippen molar-refractivity contribution >= 4 is 11.7 Å². The summed E-state index contributed by atoms with van der Waals surface area (Å²) in [7, 11) is 1.50. The molecule has 220 valence electrons. The lowest BCUT2D eigenvalue weighted by Gasteiger charge is -2.46. The molecular formula is C26H34N2O12. The third-order valence-electron chi connectivity index (χ3n) is 6.64. The van der Waals surface area contributed by atoms with Crippen LogP contribution in [0.25, 0.3) is 0 Å². The maximum absolute atomic E-state index is 12.5. The number of aliphatic hydroxyl groups is 6. The van der Waals surface area contributed by atoms with Gasteiger partial charge in [0.05, 0.1) is 26.4 Å². The molecule has 0 aromatic heterocycles. The van der Waals surface area contributed by atoms with Gasteiger partial charge in [0.25, 0.3) is 0 Å². The number of ether oxygens (including phenoxy) is 5. The van der Waals surface area contributed by atoms with Crippen molar-refractivity contribution in [3.63, 3.8) is 0 Å². The normalized spacial score (nSPS) is 34.1. The van der Waals surface area contributed by atoms with E-state index in [1.54, 1.807) is 54.6 Å². The molecule has 10 atom stereocenters. The first-order valence-corrected chi connectivity index (χ1v) is 12.6. The Kier molecular flexibility index (Phi) is 10.1. The van der Waals surface area contributed by atoms with Crippen LogP contribution in [0.2, 0.25) is 0 Å². The Morgan fingerprint density at radius 2 is 1.43 bits per heavy atom.